The minimum Gasteiger partial charge on any atom is -0.316 e. The SMILES string of the molecule is CCCc1nc2ccc(Br)cc2c(=O)n1N=Cc1cccn1-c1ccc(C)cc1. The van der Waals surface area contributed by atoms with Crippen LogP contribution in [-0.2, 0) is 6.42 Å². The Balaban J connectivity index is 1.80. The van der Waals surface area contributed by atoms with E-state index in [4.69, 9.17) is 0 Å². The largest absolute Gasteiger partial charge is 0.316 e. The fourth-order valence-electron chi connectivity index (χ4n) is 3.26. The molecule has 0 atom stereocenters. The first-order valence-electron chi connectivity index (χ1n) is 9.57. The van der Waals surface area contributed by atoms with Gasteiger partial charge in [-0.3, -0.25) is 4.79 Å². The van der Waals surface area contributed by atoms with E-state index in [1.165, 1.54) is 10.2 Å². The van der Waals surface area contributed by atoms with E-state index in [1.54, 1.807) is 12.3 Å². The first kappa shape index (κ1) is 19.3. The summed E-state index contributed by atoms with van der Waals surface area (Å²) in [7, 11) is 0. The van der Waals surface area contributed by atoms with E-state index < -0.39 is 0 Å². The monoisotopic (exact) mass is 448 g/mol. The zero-order valence-corrected chi connectivity index (χ0v) is 17.9. The normalized spacial score (nSPS) is 11.6. The molecular weight excluding hydrogens is 428 g/mol. The molecule has 6 heteroatoms. The number of halogens is 1. The standard InChI is InChI=1S/C23H21BrN4O/c1-3-5-22-26-21-12-9-17(24)14-20(21)23(29)28(22)25-15-19-6-4-13-27(19)18-10-7-16(2)8-11-18/h4,6-15H,3,5H2,1-2H3. The fourth-order valence-corrected chi connectivity index (χ4v) is 3.62. The Morgan fingerprint density at radius 1 is 1.14 bits per heavy atom. The molecule has 0 fully saturated rings. The zero-order chi connectivity index (χ0) is 20.4. The number of aryl methyl sites for hydroxylation is 2. The summed E-state index contributed by atoms with van der Waals surface area (Å²) in [5.74, 6) is 0.664. The molecule has 5 nitrogen and oxygen atoms in total. The van der Waals surface area contributed by atoms with Gasteiger partial charge < -0.3 is 4.57 Å². The number of aromatic nitrogens is 3. The molecule has 0 amide bonds. The van der Waals surface area contributed by atoms with Crippen LogP contribution in [0.25, 0.3) is 16.6 Å². The number of hydrogen-bond donors (Lipinski definition) is 0. The number of hydrogen-bond acceptors (Lipinski definition) is 3. The molecule has 146 valence electrons. The fraction of sp³-hybridized carbons (Fsp3) is 0.174. The van der Waals surface area contributed by atoms with Gasteiger partial charge in [-0.2, -0.15) is 9.78 Å². The highest BCUT2D eigenvalue weighted by Crippen LogP contribution is 2.17. The molecule has 0 aliphatic rings. The first-order valence-corrected chi connectivity index (χ1v) is 10.4. The number of benzene rings is 2. The average molecular weight is 449 g/mol. The van der Waals surface area contributed by atoms with Gasteiger partial charge in [-0.05, 0) is 55.8 Å². The van der Waals surface area contributed by atoms with Crippen LogP contribution in [0, 0.1) is 6.92 Å². The molecule has 2 aromatic carbocycles. The third kappa shape index (κ3) is 3.93. The van der Waals surface area contributed by atoms with Crippen LogP contribution in [0.3, 0.4) is 0 Å². The average Bonchev–Trinajstić information content (AvgIpc) is 3.18. The van der Waals surface area contributed by atoms with Crippen molar-refractivity contribution in [3.05, 3.63) is 92.7 Å². The van der Waals surface area contributed by atoms with Gasteiger partial charge in [-0.1, -0.05) is 40.5 Å². The molecule has 0 saturated carbocycles. The quantitative estimate of drug-likeness (QED) is 0.399. The van der Waals surface area contributed by atoms with E-state index in [2.05, 4.69) is 64.1 Å². The van der Waals surface area contributed by atoms with E-state index in [0.29, 0.717) is 23.1 Å². The Morgan fingerprint density at radius 2 is 1.93 bits per heavy atom. The van der Waals surface area contributed by atoms with Crippen molar-refractivity contribution >= 4 is 33.0 Å². The first-order chi connectivity index (χ1) is 14.1. The Labute approximate surface area is 177 Å². The molecule has 0 unspecified atom stereocenters. The predicted molar refractivity (Wildman–Crippen MR) is 121 cm³/mol. The molecule has 0 bridgehead atoms. The summed E-state index contributed by atoms with van der Waals surface area (Å²) in [4.78, 5) is 17.8. The lowest BCUT2D eigenvalue weighted by Crippen LogP contribution is -2.22. The second-order valence-corrected chi connectivity index (χ2v) is 7.86. The Hall–Kier alpha value is -2.99. The van der Waals surface area contributed by atoms with Gasteiger partial charge in [-0.25, -0.2) is 4.98 Å². The van der Waals surface area contributed by atoms with Gasteiger partial charge in [0.1, 0.15) is 5.82 Å². The van der Waals surface area contributed by atoms with Crippen molar-refractivity contribution in [1.29, 1.82) is 0 Å². The van der Waals surface area contributed by atoms with Crippen molar-refractivity contribution in [1.82, 2.24) is 14.2 Å². The summed E-state index contributed by atoms with van der Waals surface area (Å²) in [5.41, 5.74) is 3.67. The van der Waals surface area contributed by atoms with Crippen LogP contribution >= 0.6 is 15.9 Å². The van der Waals surface area contributed by atoms with Crippen molar-refractivity contribution in [2.24, 2.45) is 5.10 Å². The van der Waals surface area contributed by atoms with E-state index in [1.807, 2.05) is 35.0 Å². The topological polar surface area (TPSA) is 52.2 Å². The van der Waals surface area contributed by atoms with Crippen molar-refractivity contribution < 1.29 is 0 Å². The summed E-state index contributed by atoms with van der Waals surface area (Å²) in [6, 6.07) is 17.8. The summed E-state index contributed by atoms with van der Waals surface area (Å²) in [5, 5.41) is 5.08. The third-order valence-electron chi connectivity index (χ3n) is 4.75. The van der Waals surface area contributed by atoms with Crippen LogP contribution in [0.4, 0.5) is 0 Å². The van der Waals surface area contributed by atoms with E-state index in [0.717, 1.165) is 22.3 Å². The molecule has 4 aromatic rings. The lowest BCUT2D eigenvalue weighted by molar-refractivity contribution is 0.703. The van der Waals surface area contributed by atoms with Crippen LogP contribution in [0.5, 0.6) is 0 Å². The molecular formula is C23H21BrN4O. The van der Waals surface area contributed by atoms with Crippen LogP contribution < -0.4 is 5.56 Å². The van der Waals surface area contributed by atoms with Gasteiger partial charge in [0.15, 0.2) is 0 Å². The molecule has 4 rings (SSSR count). The smallest absolute Gasteiger partial charge is 0.282 e. The molecule has 2 heterocycles. The van der Waals surface area contributed by atoms with Gasteiger partial charge in [0.05, 0.1) is 22.8 Å². The van der Waals surface area contributed by atoms with Gasteiger partial charge in [0.25, 0.3) is 5.56 Å². The molecule has 0 N–H and O–H groups in total. The summed E-state index contributed by atoms with van der Waals surface area (Å²) in [6.45, 7) is 4.13. The molecule has 2 aromatic heterocycles. The highest BCUT2D eigenvalue weighted by molar-refractivity contribution is 9.10. The van der Waals surface area contributed by atoms with E-state index >= 15 is 0 Å². The third-order valence-corrected chi connectivity index (χ3v) is 5.24. The van der Waals surface area contributed by atoms with Gasteiger partial charge in [0.2, 0.25) is 0 Å². The van der Waals surface area contributed by atoms with Crippen LogP contribution in [0.15, 0.2) is 75.2 Å². The predicted octanol–water partition coefficient (Wildman–Crippen LogP) is 5.09. The Morgan fingerprint density at radius 3 is 2.69 bits per heavy atom. The molecule has 29 heavy (non-hydrogen) atoms. The second kappa shape index (κ2) is 8.17. The highest BCUT2D eigenvalue weighted by atomic mass is 79.9. The van der Waals surface area contributed by atoms with Crippen molar-refractivity contribution in [3.63, 3.8) is 0 Å². The van der Waals surface area contributed by atoms with Gasteiger partial charge >= 0.3 is 0 Å². The summed E-state index contributed by atoms with van der Waals surface area (Å²) >= 11 is 3.43. The second-order valence-electron chi connectivity index (χ2n) is 6.94. The van der Waals surface area contributed by atoms with Crippen molar-refractivity contribution in [3.8, 4) is 5.69 Å². The van der Waals surface area contributed by atoms with Crippen LogP contribution in [0.2, 0.25) is 0 Å². The lowest BCUT2D eigenvalue weighted by Gasteiger charge is -2.09. The summed E-state index contributed by atoms with van der Waals surface area (Å²) in [6.07, 6.45) is 5.25. The molecule has 0 aliphatic carbocycles. The number of nitrogens with zero attached hydrogens (tertiary/aromatic N) is 4. The Kier molecular flexibility index (Phi) is 5.45. The zero-order valence-electron chi connectivity index (χ0n) is 16.3. The van der Waals surface area contributed by atoms with Crippen molar-refractivity contribution in [2.45, 2.75) is 26.7 Å². The Bertz CT molecular complexity index is 1250. The molecule has 0 radical (unpaired) electrons. The van der Waals surface area contributed by atoms with E-state index in [-0.39, 0.29) is 5.56 Å². The van der Waals surface area contributed by atoms with Crippen LogP contribution in [0.1, 0.15) is 30.4 Å². The van der Waals surface area contributed by atoms with E-state index in [9.17, 15) is 4.79 Å². The molecule has 0 aliphatic heterocycles. The minimum absolute atomic E-state index is 0.163. The maximum absolute atomic E-state index is 13.1. The number of rotatable bonds is 5. The maximum atomic E-state index is 13.1. The number of fused-ring (bicyclic) bond motifs is 1. The lowest BCUT2D eigenvalue weighted by atomic mass is 10.2. The molecule has 0 saturated heterocycles. The van der Waals surface area contributed by atoms with Gasteiger partial charge in [0, 0.05) is 22.8 Å². The minimum atomic E-state index is -0.163. The summed E-state index contributed by atoms with van der Waals surface area (Å²) < 4.78 is 4.31. The maximum Gasteiger partial charge on any atom is 0.282 e. The highest BCUT2D eigenvalue weighted by Gasteiger charge is 2.11. The van der Waals surface area contributed by atoms with Crippen LogP contribution in [-0.4, -0.2) is 20.4 Å². The van der Waals surface area contributed by atoms with Gasteiger partial charge in [-0.15, -0.1) is 0 Å². The molecule has 0 spiro atoms. The van der Waals surface area contributed by atoms with Crippen molar-refractivity contribution in [2.75, 3.05) is 0 Å².